The van der Waals surface area contributed by atoms with Gasteiger partial charge < -0.3 is 0 Å². The van der Waals surface area contributed by atoms with Gasteiger partial charge >= 0.3 is 0 Å². The molecule has 0 atom stereocenters. The van der Waals surface area contributed by atoms with Crippen molar-refractivity contribution in [3.63, 3.8) is 0 Å². The molecule has 1 heterocycles. The number of sulfone groups is 1. The summed E-state index contributed by atoms with van der Waals surface area (Å²) in [4.78, 5) is 0. The Kier molecular flexibility index (Phi) is 4.13. The molecule has 25 heavy (non-hydrogen) atoms. The lowest BCUT2D eigenvalue weighted by Gasteiger charge is -2.11. The normalized spacial score (nSPS) is 14.6. The van der Waals surface area contributed by atoms with Crippen LogP contribution in [0.15, 0.2) is 65.8 Å². The van der Waals surface area contributed by atoms with Crippen molar-refractivity contribution < 1.29 is 8.42 Å². The van der Waals surface area contributed by atoms with Crippen molar-refractivity contribution in [3.05, 3.63) is 77.6 Å². The van der Waals surface area contributed by atoms with Crippen LogP contribution in [0.3, 0.4) is 0 Å². The second-order valence-corrected chi connectivity index (χ2v) is 8.31. The van der Waals surface area contributed by atoms with Crippen LogP contribution < -0.4 is 0 Å². The molecular weight excluding hydrogens is 334 g/mol. The topological polar surface area (TPSA) is 64.8 Å². The van der Waals surface area contributed by atoms with E-state index < -0.39 is 9.84 Å². The fourth-order valence-electron chi connectivity index (χ4n) is 2.95. The van der Waals surface area contributed by atoms with Gasteiger partial charge in [-0.3, -0.25) is 4.57 Å². The highest BCUT2D eigenvalue weighted by molar-refractivity contribution is 7.90. The Hall–Kier alpha value is -2.47. The molecule has 0 spiro atoms. The van der Waals surface area contributed by atoms with Crippen LogP contribution in [0.2, 0.25) is 0 Å². The van der Waals surface area contributed by atoms with Gasteiger partial charge in [0.2, 0.25) is 15.0 Å². The van der Waals surface area contributed by atoms with Crippen molar-refractivity contribution in [3.8, 4) is 0 Å². The third-order valence-corrected chi connectivity index (χ3v) is 5.92. The molecule has 0 amide bonds. The van der Waals surface area contributed by atoms with Crippen molar-refractivity contribution in [2.75, 3.05) is 0 Å². The molecule has 2 aromatic carbocycles. The van der Waals surface area contributed by atoms with E-state index >= 15 is 0 Å². The molecule has 4 rings (SSSR count). The van der Waals surface area contributed by atoms with Gasteiger partial charge in [0, 0.05) is 5.92 Å². The average Bonchev–Trinajstić information content (AvgIpc) is 3.37. The van der Waals surface area contributed by atoms with E-state index in [9.17, 15) is 8.42 Å². The zero-order valence-electron chi connectivity index (χ0n) is 13.7. The molecule has 0 bridgehead atoms. The predicted molar refractivity (Wildman–Crippen MR) is 94.9 cm³/mol. The SMILES string of the molecule is O=S(=O)(Cc1ccccc1)c1nnc(C2CC2)n1Cc1ccccc1. The minimum atomic E-state index is -3.56. The Balaban J connectivity index is 1.71. The van der Waals surface area contributed by atoms with Gasteiger partial charge in [-0.2, -0.15) is 0 Å². The molecule has 3 aromatic rings. The highest BCUT2D eigenvalue weighted by Crippen LogP contribution is 2.40. The Labute approximate surface area is 147 Å². The van der Waals surface area contributed by atoms with Gasteiger partial charge in [0.05, 0.1) is 12.3 Å². The molecule has 0 aliphatic heterocycles. The molecule has 1 fully saturated rings. The molecule has 0 radical (unpaired) electrons. The molecule has 5 nitrogen and oxygen atoms in total. The van der Waals surface area contributed by atoms with E-state index in [0.717, 1.165) is 29.8 Å². The summed E-state index contributed by atoms with van der Waals surface area (Å²) in [6.45, 7) is 0.475. The van der Waals surface area contributed by atoms with Crippen LogP contribution in [-0.2, 0) is 22.1 Å². The number of hydrogen-bond donors (Lipinski definition) is 0. The highest BCUT2D eigenvalue weighted by atomic mass is 32.2. The molecule has 1 aliphatic rings. The maximum atomic E-state index is 12.9. The van der Waals surface area contributed by atoms with Gasteiger partial charge in [0.1, 0.15) is 5.82 Å². The number of rotatable bonds is 6. The van der Waals surface area contributed by atoms with Crippen molar-refractivity contribution in [1.82, 2.24) is 14.8 Å². The summed E-state index contributed by atoms with van der Waals surface area (Å²) in [6, 6.07) is 19.0. The van der Waals surface area contributed by atoms with E-state index in [0.29, 0.717) is 12.5 Å². The van der Waals surface area contributed by atoms with E-state index in [1.807, 2.05) is 60.7 Å². The summed E-state index contributed by atoms with van der Waals surface area (Å²) in [7, 11) is -3.56. The van der Waals surface area contributed by atoms with Gasteiger partial charge in [0.15, 0.2) is 0 Å². The third-order valence-electron chi connectivity index (χ3n) is 4.35. The van der Waals surface area contributed by atoms with Crippen molar-refractivity contribution in [2.45, 2.75) is 36.2 Å². The first-order valence-electron chi connectivity index (χ1n) is 8.37. The quantitative estimate of drug-likeness (QED) is 0.683. The summed E-state index contributed by atoms with van der Waals surface area (Å²) < 4.78 is 27.7. The molecule has 128 valence electrons. The molecule has 0 N–H and O–H groups in total. The summed E-state index contributed by atoms with van der Waals surface area (Å²) >= 11 is 0. The lowest BCUT2D eigenvalue weighted by molar-refractivity contribution is 0.567. The first-order valence-corrected chi connectivity index (χ1v) is 10.0. The summed E-state index contributed by atoms with van der Waals surface area (Å²) in [5.74, 6) is 1.05. The van der Waals surface area contributed by atoms with Crippen LogP contribution in [0.1, 0.15) is 35.7 Å². The summed E-state index contributed by atoms with van der Waals surface area (Å²) in [5, 5.41) is 8.35. The highest BCUT2D eigenvalue weighted by Gasteiger charge is 2.33. The van der Waals surface area contributed by atoms with Crippen molar-refractivity contribution in [2.24, 2.45) is 0 Å². The lowest BCUT2D eigenvalue weighted by atomic mass is 10.2. The minimum Gasteiger partial charge on any atom is -0.297 e. The molecule has 1 saturated carbocycles. The van der Waals surface area contributed by atoms with Gasteiger partial charge in [-0.05, 0) is 24.0 Å². The van der Waals surface area contributed by atoms with Crippen LogP contribution in [-0.4, -0.2) is 23.2 Å². The monoisotopic (exact) mass is 353 g/mol. The number of aromatic nitrogens is 3. The maximum absolute atomic E-state index is 12.9. The maximum Gasteiger partial charge on any atom is 0.250 e. The molecule has 6 heteroatoms. The Bertz CT molecular complexity index is 962. The fraction of sp³-hybridized carbons (Fsp3) is 0.263. The number of hydrogen-bond acceptors (Lipinski definition) is 4. The molecular formula is C19H19N3O2S. The van der Waals surface area contributed by atoms with Crippen molar-refractivity contribution in [1.29, 1.82) is 0 Å². The van der Waals surface area contributed by atoms with E-state index in [-0.39, 0.29) is 10.9 Å². The van der Waals surface area contributed by atoms with Crippen LogP contribution in [0, 0.1) is 0 Å². The number of benzene rings is 2. The Morgan fingerprint density at radius 2 is 1.48 bits per heavy atom. The second-order valence-electron chi connectivity index (χ2n) is 6.43. The second kappa shape index (κ2) is 6.44. The standard InChI is InChI=1S/C19H19N3O2S/c23-25(24,14-16-9-5-2-6-10-16)19-21-20-18(17-11-12-17)22(19)13-15-7-3-1-4-8-15/h1-10,17H,11-14H2. The van der Waals surface area contributed by atoms with Crippen molar-refractivity contribution >= 4 is 9.84 Å². The van der Waals surface area contributed by atoms with Crippen LogP contribution in [0.4, 0.5) is 0 Å². The predicted octanol–water partition coefficient (Wildman–Crippen LogP) is 3.18. The first kappa shape index (κ1) is 16.0. The van der Waals surface area contributed by atoms with Gasteiger partial charge in [-0.25, -0.2) is 8.42 Å². The van der Waals surface area contributed by atoms with Gasteiger partial charge in [0.25, 0.3) is 0 Å². The zero-order chi connectivity index (χ0) is 17.3. The van der Waals surface area contributed by atoms with Gasteiger partial charge in [-0.15, -0.1) is 10.2 Å². The first-order chi connectivity index (χ1) is 12.1. The zero-order valence-corrected chi connectivity index (χ0v) is 14.6. The van der Waals surface area contributed by atoms with E-state index in [1.165, 1.54) is 0 Å². The van der Waals surface area contributed by atoms with Crippen LogP contribution in [0.5, 0.6) is 0 Å². The molecule has 1 aromatic heterocycles. The smallest absolute Gasteiger partial charge is 0.250 e. The largest absolute Gasteiger partial charge is 0.297 e. The summed E-state index contributed by atoms with van der Waals surface area (Å²) in [6.07, 6.45) is 2.09. The average molecular weight is 353 g/mol. The molecule has 1 aliphatic carbocycles. The summed E-state index contributed by atoms with van der Waals surface area (Å²) in [5.41, 5.74) is 1.80. The van der Waals surface area contributed by atoms with Crippen LogP contribution >= 0.6 is 0 Å². The Morgan fingerprint density at radius 1 is 0.880 bits per heavy atom. The van der Waals surface area contributed by atoms with E-state index in [1.54, 1.807) is 4.57 Å². The molecule has 0 saturated heterocycles. The third kappa shape index (κ3) is 3.49. The fourth-order valence-corrected chi connectivity index (χ4v) is 4.37. The van der Waals surface area contributed by atoms with Gasteiger partial charge in [-0.1, -0.05) is 60.7 Å². The van der Waals surface area contributed by atoms with Crippen LogP contribution in [0.25, 0.3) is 0 Å². The lowest BCUT2D eigenvalue weighted by Crippen LogP contribution is -2.15. The molecule has 0 unspecified atom stereocenters. The van der Waals surface area contributed by atoms with E-state index in [2.05, 4.69) is 10.2 Å². The van der Waals surface area contributed by atoms with E-state index in [4.69, 9.17) is 0 Å². The Morgan fingerprint density at radius 3 is 2.08 bits per heavy atom. The minimum absolute atomic E-state index is 0.0641. The number of nitrogens with zero attached hydrogens (tertiary/aromatic N) is 3.